The Kier molecular flexibility index (Phi) is 4.24. The molecule has 0 unspecified atom stereocenters. The molecule has 1 aliphatic rings. The van der Waals surface area contributed by atoms with Crippen LogP contribution in [-0.4, -0.2) is 41.1 Å². The lowest BCUT2D eigenvalue weighted by atomic mass is 10.1. The standard InChI is InChI=1S/C19H18FN5/c20-16-3-1-2-15(12-16)18-13-22-14-19(23-18)25-10-8-24(9-11-25)17-4-6-21-7-5-17/h1-7,12-14H,8-11H2. The van der Waals surface area contributed by atoms with E-state index in [9.17, 15) is 4.39 Å². The van der Waals surface area contributed by atoms with Crippen molar-refractivity contribution in [2.24, 2.45) is 0 Å². The fourth-order valence-corrected chi connectivity index (χ4v) is 3.04. The van der Waals surface area contributed by atoms with Crippen molar-refractivity contribution in [3.63, 3.8) is 0 Å². The molecule has 1 fully saturated rings. The lowest BCUT2D eigenvalue weighted by Gasteiger charge is -2.36. The maximum atomic E-state index is 13.4. The summed E-state index contributed by atoms with van der Waals surface area (Å²) in [5, 5.41) is 0. The Labute approximate surface area is 145 Å². The van der Waals surface area contributed by atoms with Crippen LogP contribution in [0.1, 0.15) is 0 Å². The molecule has 1 aliphatic heterocycles. The molecule has 0 radical (unpaired) electrons. The third-order valence-electron chi connectivity index (χ3n) is 4.37. The van der Waals surface area contributed by atoms with Gasteiger partial charge in [-0.2, -0.15) is 0 Å². The number of anilines is 2. The Morgan fingerprint density at radius 3 is 2.36 bits per heavy atom. The number of rotatable bonds is 3. The van der Waals surface area contributed by atoms with Crippen molar-refractivity contribution in [1.29, 1.82) is 0 Å². The molecule has 0 bridgehead atoms. The van der Waals surface area contributed by atoms with Crippen LogP contribution in [0.15, 0.2) is 61.2 Å². The van der Waals surface area contributed by atoms with Crippen LogP contribution in [0.2, 0.25) is 0 Å². The van der Waals surface area contributed by atoms with Crippen LogP contribution in [0.3, 0.4) is 0 Å². The fourth-order valence-electron chi connectivity index (χ4n) is 3.04. The summed E-state index contributed by atoms with van der Waals surface area (Å²) in [5.74, 6) is 0.562. The number of pyridine rings is 1. The van der Waals surface area contributed by atoms with Gasteiger partial charge in [-0.1, -0.05) is 12.1 Å². The predicted octanol–water partition coefficient (Wildman–Crippen LogP) is 3.00. The van der Waals surface area contributed by atoms with E-state index in [0.717, 1.165) is 37.6 Å². The number of hydrogen-bond donors (Lipinski definition) is 0. The zero-order valence-electron chi connectivity index (χ0n) is 13.7. The largest absolute Gasteiger partial charge is 0.368 e. The number of halogens is 1. The number of hydrogen-bond acceptors (Lipinski definition) is 5. The van der Waals surface area contributed by atoms with E-state index >= 15 is 0 Å². The number of aromatic nitrogens is 3. The molecule has 126 valence electrons. The Morgan fingerprint density at radius 1 is 0.840 bits per heavy atom. The molecular weight excluding hydrogens is 317 g/mol. The van der Waals surface area contributed by atoms with E-state index < -0.39 is 0 Å². The highest BCUT2D eigenvalue weighted by atomic mass is 19.1. The zero-order chi connectivity index (χ0) is 17.1. The first kappa shape index (κ1) is 15.5. The average molecular weight is 335 g/mol. The van der Waals surface area contributed by atoms with E-state index in [4.69, 9.17) is 0 Å². The lowest BCUT2D eigenvalue weighted by molar-refractivity contribution is 0.628. The molecule has 4 rings (SSSR count). The van der Waals surface area contributed by atoms with Crippen LogP contribution in [-0.2, 0) is 0 Å². The van der Waals surface area contributed by atoms with Gasteiger partial charge in [0, 0.05) is 49.8 Å². The third kappa shape index (κ3) is 3.42. The van der Waals surface area contributed by atoms with E-state index in [1.54, 1.807) is 18.5 Å². The monoisotopic (exact) mass is 335 g/mol. The molecule has 3 aromatic rings. The van der Waals surface area contributed by atoms with Gasteiger partial charge in [0.2, 0.25) is 0 Å². The minimum absolute atomic E-state index is 0.268. The summed E-state index contributed by atoms with van der Waals surface area (Å²) in [6, 6.07) is 10.5. The molecule has 25 heavy (non-hydrogen) atoms. The summed E-state index contributed by atoms with van der Waals surface area (Å²) < 4.78 is 13.4. The summed E-state index contributed by atoms with van der Waals surface area (Å²) in [6.07, 6.45) is 7.07. The summed E-state index contributed by atoms with van der Waals surface area (Å²) in [4.78, 5) is 17.6. The first-order valence-corrected chi connectivity index (χ1v) is 8.27. The molecule has 0 atom stereocenters. The van der Waals surface area contributed by atoms with Gasteiger partial charge >= 0.3 is 0 Å². The Hall–Kier alpha value is -3.02. The average Bonchev–Trinajstić information content (AvgIpc) is 2.69. The van der Waals surface area contributed by atoms with Gasteiger partial charge in [0.25, 0.3) is 0 Å². The SMILES string of the molecule is Fc1cccc(-c2cncc(N3CCN(c4ccncc4)CC3)n2)c1. The fraction of sp³-hybridized carbons (Fsp3) is 0.211. The first-order valence-electron chi connectivity index (χ1n) is 8.27. The van der Waals surface area contributed by atoms with E-state index in [0.29, 0.717) is 5.69 Å². The summed E-state index contributed by atoms with van der Waals surface area (Å²) in [7, 11) is 0. The van der Waals surface area contributed by atoms with E-state index in [2.05, 4.69) is 24.8 Å². The van der Waals surface area contributed by atoms with Gasteiger partial charge in [0.15, 0.2) is 0 Å². The van der Waals surface area contributed by atoms with Gasteiger partial charge in [-0.3, -0.25) is 9.97 Å². The summed E-state index contributed by atoms with van der Waals surface area (Å²) in [6.45, 7) is 3.55. The minimum atomic E-state index is -0.268. The second-order valence-electron chi connectivity index (χ2n) is 5.95. The van der Waals surface area contributed by atoms with Crippen LogP contribution in [0.25, 0.3) is 11.3 Å². The molecule has 0 spiro atoms. The molecule has 6 heteroatoms. The van der Waals surface area contributed by atoms with Gasteiger partial charge in [-0.25, -0.2) is 9.37 Å². The van der Waals surface area contributed by atoms with E-state index in [1.807, 2.05) is 30.6 Å². The Bertz CT molecular complexity index is 847. The van der Waals surface area contributed by atoms with Crippen LogP contribution in [0, 0.1) is 5.82 Å². The highest BCUT2D eigenvalue weighted by Crippen LogP contribution is 2.22. The third-order valence-corrected chi connectivity index (χ3v) is 4.37. The topological polar surface area (TPSA) is 45.2 Å². The highest BCUT2D eigenvalue weighted by molar-refractivity contribution is 5.60. The number of benzene rings is 1. The molecule has 1 saturated heterocycles. The van der Waals surface area contributed by atoms with E-state index in [1.165, 1.54) is 17.8 Å². The minimum Gasteiger partial charge on any atom is -0.368 e. The highest BCUT2D eigenvalue weighted by Gasteiger charge is 2.19. The Balaban J connectivity index is 1.49. The van der Waals surface area contributed by atoms with Gasteiger partial charge < -0.3 is 9.80 Å². The summed E-state index contributed by atoms with van der Waals surface area (Å²) in [5.41, 5.74) is 2.62. The van der Waals surface area contributed by atoms with Crippen LogP contribution in [0.4, 0.5) is 15.9 Å². The number of piperazine rings is 1. The zero-order valence-corrected chi connectivity index (χ0v) is 13.7. The molecule has 5 nitrogen and oxygen atoms in total. The maximum Gasteiger partial charge on any atom is 0.147 e. The van der Waals surface area contributed by atoms with Gasteiger partial charge in [-0.05, 0) is 24.3 Å². The molecular formula is C19H18FN5. The van der Waals surface area contributed by atoms with Crippen LogP contribution in [0.5, 0.6) is 0 Å². The molecule has 1 aromatic carbocycles. The van der Waals surface area contributed by atoms with Crippen molar-refractivity contribution in [1.82, 2.24) is 15.0 Å². The lowest BCUT2D eigenvalue weighted by Crippen LogP contribution is -2.46. The van der Waals surface area contributed by atoms with Crippen molar-refractivity contribution in [2.45, 2.75) is 0 Å². The van der Waals surface area contributed by atoms with Crippen molar-refractivity contribution >= 4 is 11.5 Å². The van der Waals surface area contributed by atoms with E-state index in [-0.39, 0.29) is 5.82 Å². The van der Waals surface area contributed by atoms with Crippen molar-refractivity contribution in [2.75, 3.05) is 36.0 Å². The second-order valence-corrected chi connectivity index (χ2v) is 5.95. The molecule has 3 heterocycles. The molecule has 0 aliphatic carbocycles. The quantitative estimate of drug-likeness (QED) is 0.736. The van der Waals surface area contributed by atoms with Crippen molar-refractivity contribution in [3.8, 4) is 11.3 Å². The van der Waals surface area contributed by atoms with Crippen molar-refractivity contribution < 1.29 is 4.39 Å². The Morgan fingerprint density at radius 2 is 1.60 bits per heavy atom. The molecule has 2 aromatic heterocycles. The van der Waals surface area contributed by atoms with Crippen LogP contribution < -0.4 is 9.80 Å². The molecule has 0 saturated carbocycles. The van der Waals surface area contributed by atoms with Crippen molar-refractivity contribution in [3.05, 3.63) is 67.0 Å². The smallest absolute Gasteiger partial charge is 0.147 e. The first-order chi connectivity index (χ1) is 12.3. The second kappa shape index (κ2) is 6.84. The van der Waals surface area contributed by atoms with Crippen LogP contribution >= 0.6 is 0 Å². The normalized spacial score (nSPS) is 14.6. The van der Waals surface area contributed by atoms with Gasteiger partial charge in [0.05, 0.1) is 18.1 Å². The molecule has 0 N–H and O–H groups in total. The summed E-state index contributed by atoms with van der Waals surface area (Å²) >= 11 is 0. The maximum absolute atomic E-state index is 13.4. The van der Waals surface area contributed by atoms with Gasteiger partial charge in [-0.15, -0.1) is 0 Å². The van der Waals surface area contributed by atoms with Gasteiger partial charge in [0.1, 0.15) is 11.6 Å². The molecule has 0 amide bonds. The number of nitrogens with zero attached hydrogens (tertiary/aromatic N) is 5. The predicted molar refractivity (Wildman–Crippen MR) is 96.1 cm³/mol.